The number of rotatable bonds is 36. The van der Waals surface area contributed by atoms with Crippen molar-refractivity contribution in [2.24, 2.45) is 0 Å². The fraction of sp³-hybridized carbons (Fsp3) is 0.778. The molecule has 0 amide bonds. The van der Waals surface area contributed by atoms with Crippen LogP contribution in [0.3, 0.4) is 0 Å². The highest BCUT2D eigenvalue weighted by Crippen LogP contribution is 2.47. The molecule has 0 aliphatic heterocycles. The molecule has 7 unspecified atom stereocenters. The minimum atomic E-state index is -5.14. The molecule has 0 bridgehead atoms. The fourth-order valence-corrected chi connectivity index (χ4v) is 7.47. The predicted octanol–water partition coefficient (Wildman–Crippen LogP) is 7.36. The van der Waals surface area contributed by atoms with Gasteiger partial charge < -0.3 is 45.0 Å². The minimum absolute atomic E-state index is 0.00780. The Morgan fingerprint density at radius 2 is 1.03 bits per heavy atom. The molecule has 1 aliphatic carbocycles. The number of allylic oxidation sites excluding steroid dienone is 8. The highest BCUT2D eigenvalue weighted by Gasteiger charge is 2.51. The Labute approximate surface area is 359 Å². The second-order valence-corrected chi connectivity index (χ2v) is 17.1. The van der Waals surface area contributed by atoms with Crippen molar-refractivity contribution in [3.05, 3.63) is 48.6 Å². The molecule has 0 heterocycles. The van der Waals surface area contributed by atoms with Crippen LogP contribution in [0.4, 0.5) is 0 Å². The molecule has 0 aromatic heterocycles. The molecule has 0 spiro atoms. The molecule has 0 radical (unpaired) electrons. The van der Waals surface area contributed by atoms with E-state index >= 15 is 0 Å². The van der Waals surface area contributed by atoms with Crippen molar-refractivity contribution in [3.8, 4) is 0 Å². The second-order valence-electron chi connectivity index (χ2n) is 15.7. The molecule has 0 aromatic carbocycles. The van der Waals surface area contributed by atoms with Crippen LogP contribution in [0.1, 0.15) is 162 Å². The van der Waals surface area contributed by atoms with Gasteiger partial charge >= 0.3 is 19.8 Å². The van der Waals surface area contributed by atoms with Gasteiger partial charge in [-0.2, -0.15) is 0 Å². The maximum absolute atomic E-state index is 12.8. The Hall–Kier alpha value is -2.23. The third kappa shape index (κ3) is 27.7. The number of hydrogen-bond donors (Lipinski definition) is 7. The SMILES string of the molecule is CCCCCCCCCCCCCCCC(=O)OCC(COP(=O)(O)OC1C(O)C(O)C(O)C(O)C1O)OC(=O)CCCC=CCC=CCC=CCC=CCCC(O)CC. The van der Waals surface area contributed by atoms with Gasteiger partial charge in [0.05, 0.1) is 12.7 Å². The lowest BCUT2D eigenvalue weighted by Crippen LogP contribution is -2.64. The van der Waals surface area contributed by atoms with Gasteiger partial charge in [-0.05, 0) is 57.8 Å². The summed E-state index contributed by atoms with van der Waals surface area (Å²) in [7, 11) is -5.14. The van der Waals surface area contributed by atoms with Crippen molar-refractivity contribution >= 4 is 19.8 Å². The summed E-state index contributed by atoms with van der Waals surface area (Å²) in [6, 6.07) is 0. The molecule has 348 valence electrons. The van der Waals surface area contributed by atoms with Crippen molar-refractivity contribution in [1.29, 1.82) is 0 Å². The molecular weight excluding hydrogens is 795 g/mol. The number of carbonyl (C=O) groups is 2. The minimum Gasteiger partial charge on any atom is -0.462 e. The monoisotopic (exact) mass is 875 g/mol. The van der Waals surface area contributed by atoms with E-state index in [0.717, 1.165) is 57.8 Å². The van der Waals surface area contributed by atoms with Crippen LogP contribution in [0.25, 0.3) is 0 Å². The standard InChI is InChI=1S/C45H79O14P/c1-3-5-6-7-8-9-10-13-17-20-23-26-29-32-38(47)56-34-37(35-57-60(54,55)59-45-43(52)41(50)40(49)42(51)44(45)53)58-39(48)33-30-27-24-21-18-15-12-11-14-16-19-22-25-28-31-36(46)4-2/h12,14-16,21-22,24-25,36-37,40-46,49-53H,3-11,13,17-20,23,26-35H2,1-2H3,(H,54,55). The van der Waals surface area contributed by atoms with E-state index in [1.54, 1.807) is 0 Å². The maximum Gasteiger partial charge on any atom is 0.472 e. The van der Waals surface area contributed by atoms with E-state index in [9.17, 15) is 49.7 Å². The lowest BCUT2D eigenvalue weighted by atomic mass is 9.85. The number of aliphatic hydroxyl groups is 6. The average Bonchev–Trinajstić information content (AvgIpc) is 3.23. The van der Waals surface area contributed by atoms with Gasteiger partial charge in [0.25, 0.3) is 0 Å². The van der Waals surface area contributed by atoms with Crippen LogP contribution < -0.4 is 0 Å². The zero-order valence-corrected chi connectivity index (χ0v) is 37.2. The first-order chi connectivity index (χ1) is 28.8. The summed E-state index contributed by atoms with van der Waals surface area (Å²) in [6.45, 7) is 2.96. The summed E-state index contributed by atoms with van der Waals surface area (Å²) in [5, 5.41) is 59.6. The normalized spacial score (nSPS) is 23.1. The van der Waals surface area contributed by atoms with Gasteiger partial charge in [-0.25, -0.2) is 4.57 Å². The third-order valence-corrected chi connectivity index (χ3v) is 11.3. The Bertz CT molecular complexity index is 1260. The first-order valence-corrected chi connectivity index (χ1v) is 24.0. The number of hydrogen-bond acceptors (Lipinski definition) is 13. The summed E-state index contributed by atoms with van der Waals surface area (Å²) in [5.74, 6) is -1.18. The van der Waals surface area contributed by atoms with Gasteiger partial charge in [-0.1, -0.05) is 140 Å². The second kappa shape index (κ2) is 35.3. The summed E-state index contributed by atoms with van der Waals surface area (Å²) in [4.78, 5) is 35.6. The van der Waals surface area contributed by atoms with E-state index in [1.807, 2.05) is 19.1 Å². The summed E-state index contributed by atoms with van der Waals surface area (Å²) >= 11 is 0. The average molecular weight is 875 g/mol. The largest absolute Gasteiger partial charge is 0.472 e. The molecule has 7 N–H and O–H groups in total. The number of esters is 2. The highest BCUT2D eigenvalue weighted by molar-refractivity contribution is 7.47. The summed E-state index contributed by atoms with van der Waals surface area (Å²) < 4.78 is 33.4. The number of carbonyl (C=O) groups excluding carboxylic acids is 2. The molecule has 0 saturated heterocycles. The lowest BCUT2D eigenvalue weighted by molar-refractivity contribution is -0.220. The Kier molecular flexibility index (Phi) is 32.8. The molecule has 14 nitrogen and oxygen atoms in total. The van der Waals surface area contributed by atoms with Gasteiger partial charge in [-0.15, -0.1) is 0 Å². The molecule has 7 atom stereocenters. The van der Waals surface area contributed by atoms with Crippen molar-refractivity contribution < 1.29 is 68.2 Å². The van der Waals surface area contributed by atoms with Crippen molar-refractivity contribution in [2.75, 3.05) is 13.2 Å². The first-order valence-electron chi connectivity index (χ1n) is 22.5. The summed E-state index contributed by atoms with van der Waals surface area (Å²) in [6.07, 6.45) is 24.0. The molecule has 1 rings (SSSR count). The van der Waals surface area contributed by atoms with Crippen LogP contribution >= 0.6 is 7.82 Å². The van der Waals surface area contributed by atoms with Crippen LogP contribution in [0.2, 0.25) is 0 Å². The molecule has 0 aromatic rings. The van der Waals surface area contributed by atoms with E-state index in [2.05, 4.69) is 43.4 Å². The van der Waals surface area contributed by atoms with Crippen LogP contribution in [-0.4, -0.2) is 110 Å². The number of phosphoric ester groups is 1. The lowest BCUT2D eigenvalue weighted by Gasteiger charge is -2.41. The summed E-state index contributed by atoms with van der Waals surface area (Å²) in [5.41, 5.74) is 0. The number of phosphoric acid groups is 1. The van der Waals surface area contributed by atoms with Crippen molar-refractivity contribution in [1.82, 2.24) is 0 Å². The number of unbranched alkanes of at least 4 members (excludes halogenated alkanes) is 13. The van der Waals surface area contributed by atoms with Crippen molar-refractivity contribution in [3.63, 3.8) is 0 Å². The maximum atomic E-state index is 12.8. The zero-order valence-electron chi connectivity index (χ0n) is 36.4. The van der Waals surface area contributed by atoms with Gasteiger partial charge in [0.15, 0.2) is 6.10 Å². The zero-order chi connectivity index (χ0) is 44.4. The van der Waals surface area contributed by atoms with E-state index in [1.165, 1.54) is 57.8 Å². The van der Waals surface area contributed by atoms with E-state index in [4.69, 9.17) is 18.5 Å². The molecule has 1 fully saturated rings. The fourth-order valence-electron chi connectivity index (χ4n) is 6.49. The van der Waals surface area contributed by atoms with Crippen LogP contribution in [0, 0.1) is 0 Å². The van der Waals surface area contributed by atoms with Gasteiger partial charge in [0.1, 0.15) is 43.2 Å². The molecule has 1 saturated carbocycles. The Morgan fingerprint density at radius 3 is 1.55 bits per heavy atom. The number of aliphatic hydroxyl groups excluding tert-OH is 6. The molecule has 15 heteroatoms. The topological polar surface area (TPSA) is 230 Å². The Morgan fingerprint density at radius 1 is 0.583 bits per heavy atom. The Balaban J connectivity index is 2.52. The smallest absolute Gasteiger partial charge is 0.462 e. The van der Waals surface area contributed by atoms with Crippen LogP contribution in [-0.2, 0) is 32.7 Å². The third-order valence-electron chi connectivity index (χ3n) is 10.3. The van der Waals surface area contributed by atoms with E-state index in [0.29, 0.717) is 19.3 Å². The van der Waals surface area contributed by atoms with Crippen LogP contribution in [0.5, 0.6) is 0 Å². The number of ether oxygens (including phenoxy) is 2. The molecule has 60 heavy (non-hydrogen) atoms. The predicted molar refractivity (Wildman–Crippen MR) is 232 cm³/mol. The quantitative estimate of drug-likeness (QED) is 0.0141. The van der Waals surface area contributed by atoms with E-state index < -0.39 is 75.7 Å². The highest BCUT2D eigenvalue weighted by atomic mass is 31.2. The first kappa shape index (κ1) is 55.8. The van der Waals surface area contributed by atoms with Gasteiger partial charge in [-0.3, -0.25) is 18.6 Å². The molecule has 1 aliphatic rings. The van der Waals surface area contributed by atoms with Crippen LogP contribution in [0.15, 0.2) is 48.6 Å². The van der Waals surface area contributed by atoms with Gasteiger partial charge in [0, 0.05) is 12.8 Å². The van der Waals surface area contributed by atoms with Crippen molar-refractivity contribution in [2.45, 2.75) is 210 Å². The van der Waals surface area contributed by atoms with Gasteiger partial charge in [0.2, 0.25) is 0 Å². The molecular formula is C45H79O14P. The van der Waals surface area contributed by atoms with E-state index in [-0.39, 0.29) is 18.9 Å².